The fraction of sp³-hybridized carbons (Fsp3) is 0.929. The summed E-state index contributed by atoms with van der Waals surface area (Å²) >= 11 is 1.96. The van der Waals surface area contributed by atoms with Crippen molar-refractivity contribution >= 4 is 17.7 Å². The molecule has 0 aliphatic carbocycles. The molecule has 0 spiro atoms. The molecule has 19 heavy (non-hydrogen) atoms. The van der Waals surface area contributed by atoms with Gasteiger partial charge in [0, 0.05) is 30.7 Å². The first-order chi connectivity index (χ1) is 8.99. The summed E-state index contributed by atoms with van der Waals surface area (Å²) in [6.45, 7) is 8.58. The lowest BCUT2D eigenvalue weighted by Gasteiger charge is -2.44. The van der Waals surface area contributed by atoms with Crippen LogP contribution in [0.3, 0.4) is 0 Å². The molecule has 2 aliphatic heterocycles. The van der Waals surface area contributed by atoms with Crippen LogP contribution in [0.4, 0.5) is 0 Å². The molecular weight excluding hydrogens is 260 g/mol. The Kier molecular flexibility index (Phi) is 4.79. The van der Waals surface area contributed by atoms with Gasteiger partial charge in [-0.05, 0) is 39.8 Å². The highest BCUT2D eigenvalue weighted by atomic mass is 32.2. The number of nitrogens with zero attached hydrogens (tertiary/aromatic N) is 1. The topological polar surface area (TPSA) is 41.6 Å². The van der Waals surface area contributed by atoms with E-state index in [0.717, 1.165) is 44.8 Å². The van der Waals surface area contributed by atoms with Crippen LogP contribution in [0.2, 0.25) is 0 Å². The normalized spacial score (nSPS) is 26.2. The lowest BCUT2D eigenvalue weighted by atomic mass is 9.78. The lowest BCUT2D eigenvalue weighted by molar-refractivity contribution is -0.147. The van der Waals surface area contributed by atoms with Crippen LogP contribution in [-0.2, 0) is 9.53 Å². The summed E-state index contributed by atoms with van der Waals surface area (Å²) < 4.78 is 5.54. The van der Waals surface area contributed by atoms with Gasteiger partial charge in [0.1, 0.15) is 0 Å². The van der Waals surface area contributed by atoms with Crippen molar-refractivity contribution in [3.05, 3.63) is 0 Å². The van der Waals surface area contributed by atoms with Gasteiger partial charge in [-0.15, -0.1) is 0 Å². The number of nitrogens with one attached hydrogen (secondary N) is 1. The predicted octanol–water partition coefficient (Wildman–Crippen LogP) is 1.36. The summed E-state index contributed by atoms with van der Waals surface area (Å²) in [6, 6.07) is 0. The minimum atomic E-state index is -0.294. The number of hydrogen-bond donors (Lipinski definition) is 1. The quantitative estimate of drug-likeness (QED) is 0.850. The van der Waals surface area contributed by atoms with Gasteiger partial charge in [0.25, 0.3) is 0 Å². The van der Waals surface area contributed by atoms with E-state index < -0.39 is 0 Å². The second-order valence-corrected chi connectivity index (χ2v) is 8.10. The zero-order chi connectivity index (χ0) is 13.9. The molecule has 110 valence electrons. The van der Waals surface area contributed by atoms with Crippen LogP contribution < -0.4 is 5.32 Å². The van der Waals surface area contributed by atoms with E-state index in [1.165, 1.54) is 0 Å². The standard InChI is InChI=1S/C14H26N2O2S/c1-13(2)10-16(8-9-19-13)12(17)14(11-18-3)4-6-15-7-5-14/h15H,4-11H2,1-3H3. The van der Waals surface area contributed by atoms with E-state index in [1.54, 1.807) is 7.11 Å². The van der Waals surface area contributed by atoms with E-state index in [1.807, 2.05) is 11.8 Å². The molecule has 2 aliphatic rings. The third-order valence-electron chi connectivity index (χ3n) is 4.15. The predicted molar refractivity (Wildman–Crippen MR) is 79.5 cm³/mol. The first-order valence-electron chi connectivity index (χ1n) is 7.12. The van der Waals surface area contributed by atoms with Crippen molar-refractivity contribution < 1.29 is 9.53 Å². The van der Waals surface area contributed by atoms with Gasteiger partial charge in [-0.25, -0.2) is 0 Å². The van der Waals surface area contributed by atoms with Crippen LogP contribution in [0.15, 0.2) is 0 Å². The molecule has 0 radical (unpaired) electrons. The fourth-order valence-electron chi connectivity index (χ4n) is 3.13. The van der Waals surface area contributed by atoms with Gasteiger partial charge in [-0.1, -0.05) is 0 Å². The third-order valence-corrected chi connectivity index (χ3v) is 5.45. The number of carbonyl (C=O) groups is 1. The second kappa shape index (κ2) is 6.02. The molecule has 0 bridgehead atoms. The number of methoxy groups -OCH3 is 1. The number of rotatable bonds is 3. The Morgan fingerprint density at radius 3 is 2.63 bits per heavy atom. The number of amides is 1. The maximum Gasteiger partial charge on any atom is 0.231 e. The minimum absolute atomic E-state index is 0.176. The highest BCUT2D eigenvalue weighted by molar-refractivity contribution is 8.00. The molecule has 4 nitrogen and oxygen atoms in total. The molecule has 0 unspecified atom stereocenters. The molecule has 2 rings (SSSR count). The molecule has 2 saturated heterocycles. The summed E-state index contributed by atoms with van der Waals surface area (Å²) in [5.74, 6) is 1.35. The van der Waals surface area contributed by atoms with Crippen molar-refractivity contribution in [2.24, 2.45) is 5.41 Å². The van der Waals surface area contributed by atoms with Gasteiger partial charge < -0.3 is 15.0 Å². The number of hydrogen-bond acceptors (Lipinski definition) is 4. The average molecular weight is 286 g/mol. The Bertz CT molecular complexity index is 322. The summed E-state index contributed by atoms with van der Waals surface area (Å²) in [6.07, 6.45) is 1.79. The van der Waals surface area contributed by atoms with E-state index in [2.05, 4.69) is 24.1 Å². The number of ether oxygens (including phenoxy) is 1. The van der Waals surface area contributed by atoms with Gasteiger partial charge in [-0.2, -0.15) is 11.8 Å². The summed E-state index contributed by atoms with van der Waals surface area (Å²) in [4.78, 5) is 15.0. The molecule has 0 atom stereocenters. The van der Waals surface area contributed by atoms with Crippen LogP contribution in [0, 0.1) is 5.41 Å². The maximum atomic E-state index is 13.0. The fourth-order valence-corrected chi connectivity index (χ4v) is 4.24. The first-order valence-corrected chi connectivity index (χ1v) is 8.11. The highest BCUT2D eigenvalue weighted by Gasteiger charge is 2.44. The summed E-state index contributed by atoms with van der Waals surface area (Å²) in [5, 5.41) is 3.34. The Labute approximate surface area is 120 Å². The van der Waals surface area contributed by atoms with Crippen molar-refractivity contribution in [1.29, 1.82) is 0 Å². The van der Waals surface area contributed by atoms with Gasteiger partial charge in [0.15, 0.2) is 0 Å². The minimum Gasteiger partial charge on any atom is -0.384 e. The largest absolute Gasteiger partial charge is 0.384 e. The van der Waals surface area contributed by atoms with E-state index >= 15 is 0 Å². The van der Waals surface area contributed by atoms with E-state index in [-0.39, 0.29) is 10.2 Å². The Morgan fingerprint density at radius 1 is 1.37 bits per heavy atom. The number of carbonyl (C=O) groups excluding carboxylic acids is 1. The summed E-state index contributed by atoms with van der Waals surface area (Å²) in [7, 11) is 1.70. The van der Waals surface area contributed by atoms with Gasteiger partial charge in [-0.3, -0.25) is 4.79 Å². The molecule has 2 heterocycles. The molecular formula is C14H26N2O2S. The van der Waals surface area contributed by atoms with Gasteiger partial charge in [0.2, 0.25) is 5.91 Å². The Balaban J connectivity index is 2.10. The van der Waals surface area contributed by atoms with E-state index in [9.17, 15) is 4.79 Å². The van der Waals surface area contributed by atoms with E-state index in [4.69, 9.17) is 4.74 Å². The van der Waals surface area contributed by atoms with E-state index in [0.29, 0.717) is 12.5 Å². The SMILES string of the molecule is COCC1(C(=O)N2CCSC(C)(C)C2)CCNCC1. The van der Waals surface area contributed by atoms with Crippen molar-refractivity contribution in [1.82, 2.24) is 10.2 Å². The Morgan fingerprint density at radius 2 is 2.05 bits per heavy atom. The molecule has 0 aromatic rings. The maximum absolute atomic E-state index is 13.0. The average Bonchev–Trinajstić information content (AvgIpc) is 2.38. The highest BCUT2D eigenvalue weighted by Crippen LogP contribution is 2.36. The van der Waals surface area contributed by atoms with Crippen LogP contribution in [0.1, 0.15) is 26.7 Å². The number of thioether (sulfide) groups is 1. The van der Waals surface area contributed by atoms with Crippen LogP contribution in [0.5, 0.6) is 0 Å². The lowest BCUT2D eigenvalue weighted by Crippen LogP contribution is -2.55. The molecule has 0 aromatic heterocycles. The zero-order valence-corrected chi connectivity index (χ0v) is 13.1. The molecule has 2 fully saturated rings. The van der Waals surface area contributed by atoms with Gasteiger partial charge >= 0.3 is 0 Å². The molecule has 1 N–H and O–H groups in total. The van der Waals surface area contributed by atoms with Crippen molar-refractivity contribution in [2.75, 3.05) is 45.6 Å². The third kappa shape index (κ3) is 3.44. The monoisotopic (exact) mass is 286 g/mol. The molecule has 0 aromatic carbocycles. The first kappa shape index (κ1) is 15.1. The Hall–Kier alpha value is -0.260. The summed E-state index contributed by atoms with van der Waals surface area (Å²) in [5.41, 5.74) is -0.294. The van der Waals surface area contributed by atoms with Gasteiger partial charge in [0.05, 0.1) is 12.0 Å². The molecule has 5 heteroatoms. The van der Waals surface area contributed by atoms with Crippen molar-refractivity contribution in [3.8, 4) is 0 Å². The molecule has 0 saturated carbocycles. The van der Waals surface area contributed by atoms with Crippen LogP contribution >= 0.6 is 11.8 Å². The van der Waals surface area contributed by atoms with Crippen molar-refractivity contribution in [3.63, 3.8) is 0 Å². The van der Waals surface area contributed by atoms with Crippen molar-refractivity contribution in [2.45, 2.75) is 31.4 Å². The smallest absolute Gasteiger partial charge is 0.231 e. The number of piperidine rings is 1. The second-order valence-electron chi connectivity index (χ2n) is 6.30. The van der Waals surface area contributed by atoms with Crippen LogP contribution in [-0.4, -0.2) is 61.2 Å². The molecule has 1 amide bonds. The van der Waals surface area contributed by atoms with Crippen LogP contribution in [0.25, 0.3) is 0 Å². The zero-order valence-electron chi connectivity index (χ0n) is 12.3.